The van der Waals surface area contributed by atoms with Crippen molar-refractivity contribution in [2.75, 3.05) is 52.6 Å². The summed E-state index contributed by atoms with van der Waals surface area (Å²) in [6.07, 6.45) is -4.24. The quantitative estimate of drug-likeness (QED) is 0.378. The molecule has 0 saturated carbocycles. The lowest BCUT2D eigenvalue weighted by Crippen LogP contribution is -2.59. The predicted molar refractivity (Wildman–Crippen MR) is 169 cm³/mol. The Morgan fingerprint density at radius 3 is 2.40 bits per heavy atom. The molecular formula is C30H37F3N6O6S2. The Morgan fingerprint density at radius 2 is 1.77 bits per heavy atom. The van der Waals surface area contributed by atoms with Crippen molar-refractivity contribution in [1.29, 1.82) is 0 Å². The van der Waals surface area contributed by atoms with Crippen molar-refractivity contribution in [1.82, 2.24) is 23.5 Å². The number of rotatable bonds is 9. The van der Waals surface area contributed by atoms with Crippen LogP contribution >= 0.6 is 0 Å². The zero-order chi connectivity index (χ0) is 34.4. The number of hydrogen-bond donors (Lipinski definition) is 2. The Kier molecular flexibility index (Phi) is 9.71. The van der Waals surface area contributed by atoms with Crippen molar-refractivity contribution in [2.24, 2.45) is 4.99 Å². The van der Waals surface area contributed by atoms with E-state index in [9.17, 15) is 39.6 Å². The minimum atomic E-state index is -4.56. The normalized spacial score (nSPS) is 21.2. The van der Waals surface area contributed by atoms with E-state index in [1.165, 1.54) is 34.8 Å². The van der Waals surface area contributed by atoms with Gasteiger partial charge in [-0.05, 0) is 55.5 Å². The molecule has 256 valence electrons. The number of nitrogens with zero attached hydrogens (tertiary/aromatic N) is 4. The van der Waals surface area contributed by atoms with Crippen LogP contribution in [-0.2, 0) is 37.6 Å². The molecule has 3 aliphatic rings. The molecule has 3 heterocycles. The van der Waals surface area contributed by atoms with Crippen molar-refractivity contribution < 1.29 is 39.6 Å². The third-order valence-corrected chi connectivity index (χ3v) is 12.7. The molecule has 1 atom stereocenters. The molecule has 0 bridgehead atoms. The van der Waals surface area contributed by atoms with Gasteiger partial charge in [0.15, 0.2) is 5.78 Å². The molecule has 2 aromatic carbocycles. The Balaban J connectivity index is 1.22. The number of benzene rings is 2. The number of amides is 1. The van der Waals surface area contributed by atoms with Crippen LogP contribution in [0.4, 0.5) is 13.2 Å². The first-order chi connectivity index (χ1) is 21.9. The summed E-state index contributed by atoms with van der Waals surface area (Å²) < 4.78 is 95.4. The number of Topliss-reactive ketones (excluding diaryl/α,β-unsaturated/α-hetero) is 1. The van der Waals surface area contributed by atoms with Gasteiger partial charge in [0.2, 0.25) is 10.0 Å². The number of nitrogens with one attached hydrogen (secondary N) is 2. The topological polar surface area (TPSA) is 149 Å². The second kappa shape index (κ2) is 13.0. The number of carbonyl (C=O) groups is 2. The number of piperidine rings is 1. The Hall–Kier alpha value is -3.22. The van der Waals surface area contributed by atoms with Gasteiger partial charge in [-0.15, -0.1) is 0 Å². The van der Waals surface area contributed by atoms with Gasteiger partial charge in [-0.1, -0.05) is 24.3 Å². The van der Waals surface area contributed by atoms with Crippen LogP contribution in [-0.4, -0.2) is 111 Å². The van der Waals surface area contributed by atoms with Crippen molar-refractivity contribution in [2.45, 2.75) is 43.9 Å². The number of amidine groups is 1. The maximum Gasteiger partial charge on any atom is 0.416 e. The molecule has 1 amide bonds. The summed E-state index contributed by atoms with van der Waals surface area (Å²) in [5, 5.41) is 5.65. The SMILES string of the molecule is Cc1cc(C(=O)C2CNCCN2S(=O)(=O)N(C)C)ccc1CCS(=O)(=O)N1CCC2(CC1)N=C(c1cccc(C(F)(F)F)c1)NC2=O. The molecule has 2 saturated heterocycles. The molecule has 17 heteroatoms. The Labute approximate surface area is 272 Å². The van der Waals surface area contributed by atoms with Crippen molar-refractivity contribution >= 4 is 37.8 Å². The van der Waals surface area contributed by atoms with E-state index in [2.05, 4.69) is 15.6 Å². The number of aryl methyl sites for hydroxylation is 2. The van der Waals surface area contributed by atoms with Crippen LogP contribution in [0, 0.1) is 6.92 Å². The standard InChI is InChI=1S/C30H37F3N6O6S2/c1-20-17-22(26(40)25-19-34-12-15-39(25)47(44,45)37(2)3)8-7-21(20)9-16-46(42,43)38-13-10-29(11-14-38)28(41)35-27(36-29)23-5-4-6-24(18-23)30(31,32)33/h4-8,17-18,25,34H,9-16,19H2,1-3H3,(H,35,36,41). The van der Waals surface area contributed by atoms with E-state index in [4.69, 9.17) is 0 Å². The van der Waals surface area contributed by atoms with E-state index in [1.54, 1.807) is 25.1 Å². The predicted octanol–water partition coefficient (Wildman–Crippen LogP) is 1.56. The molecule has 0 aliphatic carbocycles. The van der Waals surface area contributed by atoms with Gasteiger partial charge in [-0.3, -0.25) is 14.6 Å². The fourth-order valence-corrected chi connectivity index (χ4v) is 8.76. The van der Waals surface area contributed by atoms with E-state index in [-0.39, 0.29) is 68.4 Å². The number of alkyl halides is 3. The lowest BCUT2D eigenvalue weighted by molar-refractivity contribution is -0.137. The van der Waals surface area contributed by atoms with Gasteiger partial charge in [-0.2, -0.15) is 30.2 Å². The number of hydrogen-bond acceptors (Lipinski definition) is 8. The molecule has 1 spiro atoms. The summed E-state index contributed by atoms with van der Waals surface area (Å²) in [7, 11) is -4.75. The fraction of sp³-hybridized carbons (Fsp3) is 0.500. The lowest BCUT2D eigenvalue weighted by atomic mass is 9.89. The number of halogens is 3. The number of aliphatic imine (C=N–C) groups is 1. The van der Waals surface area contributed by atoms with Crippen LogP contribution in [0.3, 0.4) is 0 Å². The van der Waals surface area contributed by atoms with Crippen LogP contribution in [0.15, 0.2) is 47.5 Å². The molecule has 2 fully saturated rings. The van der Waals surface area contributed by atoms with Crippen molar-refractivity contribution in [3.8, 4) is 0 Å². The first-order valence-electron chi connectivity index (χ1n) is 15.1. The first kappa shape index (κ1) is 35.1. The van der Waals surface area contributed by atoms with Gasteiger partial charge in [-0.25, -0.2) is 12.7 Å². The number of carbonyl (C=O) groups excluding carboxylic acids is 2. The lowest BCUT2D eigenvalue weighted by Gasteiger charge is -2.35. The number of sulfonamides is 1. The highest BCUT2D eigenvalue weighted by Crippen LogP contribution is 2.34. The van der Waals surface area contributed by atoms with E-state index in [0.717, 1.165) is 16.4 Å². The first-order valence-corrected chi connectivity index (χ1v) is 18.1. The Morgan fingerprint density at radius 1 is 1.06 bits per heavy atom. The molecular weight excluding hydrogens is 661 g/mol. The molecule has 2 aromatic rings. The molecule has 3 aliphatic heterocycles. The van der Waals surface area contributed by atoms with Crippen molar-refractivity contribution in [3.05, 3.63) is 70.3 Å². The van der Waals surface area contributed by atoms with Crippen LogP contribution in [0.2, 0.25) is 0 Å². The number of ketones is 1. The summed E-state index contributed by atoms with van der Waals surface area (Å²) in [4.78, 5) is 30.8. The Bertz CT molecular complexity index is 1810. The molecule has 12 nitrogen and oxygen atoms in total. The molecule has 2 N–H and O–H groups in total. The maximum absolute atomic E-state index is 13.4. The van der Waals surface area contributed by atoms with Gasteiger partial charge in [0, 0.05) is 57.9 Å². The third-order valence-electron chi connectivity index (χ3n) is 8.90. The average Bonchev–Trinajstić information content (AvgIpc) is 3.34. The van der Waals surface area contributed by atoms with E-state index in [1.807, 2.05) is 0 Å². The van der Waals surface area contributed by atoms with Crippen molar-refractivity contribution in [3.63, 3.8) is 0 Å². The van der Waals surface area contributed by atoms with Crippen LogP contribution in [0.1, 0.15) is 45.5 Å². The van der Waals surface area contributed by atoms with Gasteiger partial charge >= 0.3 is 6.18 Å². The molecule has 1 unspecified atom stereocenters. The summed E-state index contributed by atoms with van der Waals surface area (Å²) in [5.41, 5.74) is -0.285. The number of piperazine rings is 1. The van der Waals surface area contributed by atoms with Crippen LogP contribution < -0.4 is 10.6 Å². The molecule has 47 heavy (non-hydrogen) atoms. The van der Waals surface area contributed by atoms with Crippen LogP contribution in [0.5, 0.6) is 0 Å². The molecule has 5 rings (SSSR count). The second-order valence-corrected chi connectivity index (χ2v) is 16.3. The van der Waals surface area contributed by atoms with Gasteiger partial charge in [0.05, 0.1) is 11.3 Å². The molecule has 0 aromatic heterocycles. The molecule has 0 radical (unpaired) electrons. The highest BCUT2D eigenvalue weighted by Gasteiger charge is 2.48. The maximum atomic E-state index is 13.4. The third kappa shape index (κ3) is 7.15. The minimum absolute atomic E-state index is 0.0172. The van der Waals surface area contributed by atoms with E-state index in [0.29, 0.717) is 23.2 Å². The zero-order valence-electron chi connectivity index (χ0n) is 26.2. The monoisotopic (exact) mass is 698 g/mol. The van der Waals surface area contributed by atoms with E-state index >= 15 is 0 Å². The van der Waals surface area contributed by atoms with E-state index < -0.39 is 49.5 Å². The van der Waals surface area contributed by atoms with Gasteiger partial charge in [0.1, 0.15) is 17.4 Å². The smallest absolute Gasteiger partial charge is 0.313 e. The average molecular weight is 699 g/mol. The summed E-state index contributed by atoms with van der Waals surface area (Å²) in [6.45, 7) is 2.53. The highest BCUT2D eigenvalue weighted by atomic mass is 32.2. The van der Waals surface area contributed by atoms with Crippen LogP contribution in [0.25, 0.3) is 0 Å². The minimum Gasteiger partial charge on any atom is -0.313 e. The zero-order valence-corrected chi connectivity index (χ0v) is 27.8. The largest absolute Gasteiger partial charge is 0.416 e. The highest BCUT2D eigenvalue weighted by molar-refractivity contribution is 7.89. The fourth-order valence-electron chi connectivity index (χ4n) is 6.05. The van der Waals surface area contributed by atoms with Gasteiger partial charge < -0.3 is 10.6 Å². The second-order valence-electron chi connectivity index (χ2n) is 12.1. The van der Waals surface area contributed by atoms with Gasteiger partial charge in [0.25, 0.3) is 16.1 Å². The summed E-state index contributed by atoms with van der Waals surface area (Å²) in [6, 6.07) is 8.49. The summed E-state index contributed by atoms with van der Waals surface area (Å²) >= 11 is 0. The summed E-state index contributed by atoms with van der Waals surface area (Å²) in [5.74, 6) is -1.03.